The van der Waals surface area contributed by atoms with Crippen molar-refractivity contribution < 1.29 is 14.0 Å². The summed E-state index contributed by atoms with van der Waals surface area (Å²) in [6.07, 6.45) is 5.39. The lowest BCUT2D eigenvalue weighted by Crippen LogP contribution is -2.62. The number of esters is 1. The molecule has 0 bridgehead atoms. The molecular weight excluding hydrogens is 214 g/mol. The minimum absolute atomic E-state index is 0.406. The zero-order chi connectivity index (χ0) is 13.5. The molecule has 2 unspecified atom stereocenters. The van der Waals surface area contributed by atoms with Gasteiger partial charge in [0.1, 0.15) is 0 Å². The Balaban J connectivity index is 5.26. The van der Waals surface area contributed by atoms with Crippen LogP contribution in [-0.4, -0.2) is 36.3 Å². The van der Waals surface area contributed by atoms with Gasteiger partial charge in [0.2, 0.25) is 5.72 Å². The minimum atomic E-state index is -0.643. The molecule has 0 aromatic rings. The minimum Gasteiger partial charge on any atom is -0.407 e. The molecule has 0 aliphatic heterocycles. The molecular formula is C14H24NO2+. The highest BCUT2D eigenvalue weighted by molar-refractivity contribution is 5.81. The number of quaternary nitrogens is 1. The third-order valence-corrected chi connectivity index (χ3v) is 3.38. The van der Waals surface area contributed by atoms with Gasteiger partial charge in [-0.1, -0.05) is 19.2 Å². The van der Waals surface area contributed by atoms with Crippen LogP contribution in [0.15, 0.2) is 38.0 Å². The van der Waals surface area contributed by atoms with Gasteiger partial charge in [0.25, 0.3) is 0 Å². The van der Waals surface area contributed by atoms with E-state index in [0.717, 1.165) is 13.1 Å². The van der Waals surface area contributed by atoms with Crippen molar-refractivity contribution in [1.82, 2.24) is 0 Å². The number of nitrogens with zero attached hydrogens (tertiary/aromatic N) is 1. The van der Waals surface area contributed by atoms with Crippen molar-refractivity contribution in [3.63, 3.8) is 0 Å². The molecule has 0 saturated heterocycles. The smallest absolute Gasteiger partial charge is 0.334 e. The van der Waals surface area contributed by atoms with E-state index in [2.05, 4.69) is 26.7 Å². The summed E-state index contributed by atoms with van der Waals surface area (Å²) < 4.78 is 6.10. The van der Waals surface area contributed by atoms with Crippen LogP contribution < -0.4 is 0 Å². The van der Waals surface area contributed by atoms with E-state index in [1.54, 1.807) is 6.08 Å². The first-order valence-corrected chi connectivity index (χ1v) is 5.81. The molecule has 0 radical (unpaired) electrons. The standard InChI is InChI=1S/C14H24NO2/c1-7-11-14(5,17-13(16)9-3)15(6,10-4)12-8-2/h7-9H,1-3,10-12H2,4-6H3/q+1. The predicted octanol–water partition coefficient (Wildman–Crippen LogP) is 2.66. The fourth-order valence-corrected chi connectivity index (χ4v) is 1.84. The van der Waals surface area contributed by atoms with Crippen LogP contribution in [0.1, 0.15) is 20.3 Å². The fourth-order valence-electron chi connectivity index (χ4n) is 1.84. The van der Waals surface area contributed by atoms with Gasteiger partial charge in [-0.3, -0.25) is 4.48 Å². The van der Waals surface area contributed by atoms with Gasteiger partial charge in [-0.05, 0) is 13.0 Å². The average molecular weight is 238 g/mol. The molecule has 0 saturated carbocycles. The Bertz CT molecular complexity index is 311. The summed E-state index contributed by atoms with van der Waals surface area (Å²) in [5.41, 5.74) is -0.643. The van der Waals surface area contributed by atoms with Crippen LogP contribution in [-0.2, 0) is 9.53 Å². The summed E-state index contributed by atoms with van der Waals surface area (Å²) in [6.45, 7) is 16.5. The molecule has 0 fully saturated rings. The van der Waals surface area contributed by atoms with E-state index < -0.39 is 11.7 Å². The van der Waals surface area contributed by atoms with Crippen molar-refractivity contribution in [1.29, 1.82) is 0 Å². The normalized spacial score (nSPS) is 17.4. The van der Waals surface area contributed by atoms with E-state index in [1.807, 2.05) is 20.0 Å². The first kappa shape index (κ1) is 15.7. The van der Waals surface area contributed by atoms with Gasteiger partial charge >= 0.3 is 5.97 Å². The summed E-state index contributed by atoms with van der Waals surface area (Å²) >= 11 is 0. The maximum absolute atomic E-state index is 11.5. The zero-order valence-electron chi connectivity index (χ0n) is 11.2. The molecule has 96 valence electrons. The second-order valence-electron chi connectivity index (χ2n) is 4.48. The lowest BCUT2D eigenvalue weighted by molar-refractivity contribution is -0.972. The van der Waals surface area contributed by atoms with E-state index in [9.17, 15) is 4.79 Å². The van der Waals surface area contributed by atoms with Crippen molar-refractivity contribution in [3.8, 4) is 0 Å². The van der Waals surface area contributed by atoms with Crippen molar-refractivity contribution in [2.24, 2.45) is 0 Å². The third kappa shape index (κ3) is 3.56. The summed E-state index contributed by atoms with van der Waals surface area (Å²) in [7, 11) is 2.04. The molecule has 3 nitrogen and oxygen atoms in total. The quantitative estimate of drug-likeness (QED) is 0.214. The Morgan fingerprint density at radius 2 is 1.94 bits per heavy atom. The Morgan fingerprint density at radius 1 is 1.35 bits per heavy atom. The van der Waals surface area contributed by atoms with Crippen molar-refractivity contribution in [2.45, 2.75) is 26.0 Å². The summed E-state index contributed by atoms with van der Waals surface area (Å²) in [5.74, 6) is -0.406. The van der Waals surface area contributed by atoms with Gasteiger partial charge in [-0.15, -0.1) is 6.58 Å². The molecule has 0 amide bonds. The number of hydrogen-bond donors (Lipinski definition) is 0. The molecule has 0 heterocycles. The van der Waals surface area contributed by atoms with Gasteiger partial charge in [0.05, 0.1) is 26.6 Å². The van der Waals surface area contributed by atoms with Crippen LogP contribution in [0.5, 0.6) is 0 Å². The van der Waals surface area contributed by atoms with Crippen molar-refractivity contribution >= 4 is 5.97 Å². The fraction of sp³-hybridized carbons (Fsp3) is 0.500. The zero-order valence-corrected chi connectivity index (χ0v) is 11.2. The number of carbonyl (C=O) groups is 1. The monoisotopic (exact) mass is 238 g/mol. The molecule has 0 N–H and O–H groups in total. The Labute approximate surface area is 105 Å². The second-order valence-corrected chi connectivity index (χ2v) is 4.48. The van der Waals surface area contributed by atoms with Crippen LogP contribution in [0, 0.1) is 0 Å². The topological polar surface area (TPSA) is 26.3 Å². The van der Waals surface area contributed by atoms with Crippen molar-refractivity contribution in [3.05, 3.63) is 38.0 Å². The van der Waals surface area contributed by atoms with Crippen molar-refractivity contribution in [2.75, 3.05) is 20.1 Å². The first-order chi connectivity index (χ1) is 7.89. The summed E-state index contributed by atoms with van der Waals surface area (Å²) in [5, 5.41) is 0. The highest BCUT2D eigenvalue weighted by atomic mass is 16.6. The number of carbonyl (C=O) groups excluding carboxylic acids is 1. The SMILES string of the molecule is C=CCC(C)(OC(=O)C=C)[N+](C)(CC)CC=C. The molecule has 2 atom stereocenters. The molecule has 0 aromatic heterocycles. The van der Waals surface area contributed by atoms with E-state index >= 15 is 0 Å². The third-order valence-electron chi connectivity index (χ3n) is 3.38. The summed E-state index contributed by atoms with van der Waals surface area (Å²) in [4.78, 5) is 11.5. The molecule has 0 aromatic carbocycles. The van der Waals surface area contributed by atoms with E-state index in [0.29, 0.717) is 10.9 Å². The summed E-state index contributed by atoms with van der Waals surface area (Å²) in [6, 6.07) is 0. The Morgan fingerprint density at radius 3 is 2.29 bits per heavy atom. The second kappa shape index (κ2) is 6.40. The van der Waals surface area contributed by atoms with Crippen LogP contribution in [0.25, 0.3) is 0 Å². The first-order valence-electron chi connectivity index (χ1n) is 5.81. The Hall–Kier alpha value is -1.35. The van der Waals surface area contributed by atoms with E-state index in [-0.39, 0.29) is 0 Å². The molecule has 0 aliphatic carbocycles. The van der Waals surface area contributed by atoms with Gasteiger partial charge in [-0.25, -0.2) is 4.79 Å². The van der Waals surface area contributed by atoms with Crippen LogP contribution in [0.2, 0.25) is 0 Å². The maximum Gasteiger partial charge on any atom is 0.334 e. The van der Waals surface area contributed by atoms with E-state index in [1.165, 1.54) is 6.08 Å². The van der Waals surface area contributed by atoms with E-state index in [4.69, 9.17) is 4.74 Å². The Kier molecular flexibility index (Phi) is 5.89. The van der Waals surface area contributed by atoms with Gasteiger partial charge < -0.3 is 4.74 Å². The highest BCUT2D eigenvalue weighted by Crippen LogP contribution is 2.28. The molecule has 3 heteroatoms. The van der Waals surface area contributed by atoms with Gasteiger partial charge in [0.15, 0.2) is 0 Å². The average Bonchev–Trinajstić information content (AvgIpc) is 2.29. The number of rotatable bonds is 8. The molecule has 0 aliphatic rings. The maximum atomic E-state index is 11.5. The van der Waals surface area contributed by atoms with Crippen LogP contribution in [0.4, 0.5) is 0 Å². The number of ether oxygens (including phenoxy) is 1. The lowest BCUT2D eigenvalue weighted by atomic mass is 10.1. The lowest BCUT2D eigenvalue weighted by Gasteiger charge is -2.46. The largest absolute Gasteiger partial charge is 0.407 e. The molecule has 0 spiro atoms. The van der Waals surface area contributed by atoms with Gasteiger partial charge in [0, 0.05) is 13.0 Å². The number of likely N-dealkylation sites (N-methyl/N-ethyl adjacent to an activating group) is 1. The number of hydrogen-bond acceptors (Lipinski definition) is 2. The molecule has 17 heavy (non-hydrogen) atoms. The van der Waals surface area contributed by atoms with Crippen LogP contribution >= 0.6 is 0 Å². The van der Waals surface area contributed by atoms with Gasteiger partial charge in [-0.2, -0.15) is 0 Å². The predicted molar refractivity (Wildman–Crippen MR) is 71.3 cm³/mol. The van der Waals surface area contributed by atoms with Crippen LogP contribution in [0.3, 0.4) is 0 Å². The molecule has 0 rings (SSSR count). The highest BCUT2D eigenvalue weighted by Gasteiger charge is 2.44.